The molecule has 0 aromatic carbocycles. The molecule has 78 valence electrons. The number of hydrogen-bond donors (Lipinski definition) is 1. The fourth-order valence-corrected chi connectivity index (χ4v) is 0.606. The number of ether oxygens (including phenoxy) is 1. The molecule has 6 heteroatoms. The highest BCUT2D eigenvalue weighted by Crippen LogP contribution is 2.20. The molecular weight excluding hydrogens is 187 g/mol. The normalized spacial score (nSPS) is 14.4. The van der Waals surface area contributed by atoms with Gasteiger partial charge in [0.15, 0.2) is 0 Å². The molecule has 0 fully saturated rings. The maximum Gasteiger partial charge on any atom is 0.404 e. The summed E-state index contributed by atoms with van der Waals surface area (Å²) in [5, 5.41) is 0. The Morgan fingerprint density at radius 1 is 1.46 bits per heavy atom. The molecule has 0 amide bonds. The molecule has 0 unspecified atom stereocenters. The molecule has 0 aliphatic rings. The van der Waals surface area contributed by atoms with Crippen LogP contribution in [-0.4, -0.2) is 24.3 Å². The van der Waals surface area contributed by atoms with Gasteiger partial charge < -0.3 is 10.5 Å². The van der Waals surface area contributed by atoms with Crippen molar-refractivity contribution in [2.75, 3.05) is 0 Å². The third-order valence-corrected chi connectivity index (χ3v) is 1.17. The largest absolute Gasteiger partial charge is 0.463 e. The van der Waals surface area contributed by atoms with Crippen molar-refractivity contribution in [3.05, 3.63) is 0 Å². The van der Waals surface area contributed by atoms with Gasteiger partial charge in [0, 0.05) is 0 Å². The van der Waals surface area contributed by atoms with Gasteiger partial charge in [-0.1, -0.05) is 0 Å². The van der Waals surface area contributed by atoms with E-state index in [0.717, 1.165) is 0 Å². The van der Waals surface area contributed by atoms with E-state index < -0.39 is 30.7 Å². The van der Waals surface area contributed by atoms with Crippen LogP contribution >= 0.6 is 0 Å². The minimum Gasteiger partial charge on any atom is -0.463 e. The Bertz CT molecular complexity index is 179. The molecule has 0 aliphatic carbocycles. The highest BCUT2D eigenvalue weighted by atomic mass is 19.4. The first kappa shape index (κ1) is 12.2. The summed E-state index contributed by atoms with van der Waals surface area (Å²) in [4.78, 5) is 10.7. The van der Waals surface area contributed by atoms with E-state index in [-0.39, 0.29) is 0 Å². The lowest BCUT2D eigenvalue weighted by molar-refractivity contribution is -0.166. The predicted molar refractivity (Wildman–Crippen MR) is 39.9 cm³/mol. The second-order valence-corrected chi connectivity index (χ2v) is 2.89. The first-order valence-electron chi connectivity index (χ1n) is 3.75. The van der Waals surface area contributed by atoms with Crippen molar-refractivity contribution in [1.82, 2.24) is 0 Å². The zero-order chi connectivity index (χ0) is 10.6. The van der Waals surface area contributed by atoms with E-state index in [2.05, 4.69) is 4.74 Å². The topological polar surface area (TPSA) is 52.3 Å². The molecule has 13 heavy (non-hydrogen) atoms. The van der Waals surface area contributed by atoms with Gasteiger partial charge in [-0.05, 0) is 13.8 Å². The molecule has 0 aromatic rings. The molecule has 2 N–H and O–H groups in total. The zero-order valence-electron chi connectivity index (χ0n) is 7.39. The van der Waals surface area contributed by atoms with Crippen LogP contribution in [-0.2, 0) is 9.53 Å². The minimum absolute atomic E-state index is 0.423. The van der Waals surface area contributed by atoms with Gasteiger partial charge in [0.1, 0.15) is 6.04 Å². The average Bonchev–Trinajstić information content (AvgIpc) is 1.82. The lowest BCUT2D eigenvalue weighted by Gasteiger charge is -2.15. The Balaban J connectivity index is 3.93. The van der Waals surface area contributed by atoms with E-state index in [0.29, 0.717) is 0 Å². The van der Waals surface area contributed by atoms with Gasteiger partial charge in [0.2, 0.25) is 0 Å². The fourth-order valence-electron chi connectivity index (χ4n) is 0.606. The standard InChI is InChI=1S/C7H12F3NO2/c1-4(2)13-6(12)3-5(11)7(8,9)10/h4-5H,3,11H2,1-2H3/t5-/m1/s1. The van der Waals surface area contributed by atoms with Crippen LogP contribution < -0.4 is 5.73 Å². The summed E-state index contributed by atoms with van der Waals surface area (Å²) >= 11 is 0. The first-order chi connectivity index (χ1) is 5.73. The lowest BCUT2D eigenvalue weighted by Crippen LogP contribution is -2.39. The number of carbonyl (C=O) groups is 1. The van der Waals surface area contributed by atoms with Crippen molar-refractivity contribution >= 4 is 5.97 Å². The van der Waals surface area contributed by atoms with Gasteiger partial charge in [-0.15, -0.1) is 0 Å². The van der Waals surface area contributed by atoms with E-state index >= 15 is 0 Å². The molecule has 0 saturated heterocycles. The van der Waals surface area contributed by atoms with Crippen LogP contribution in [0, 0.1) is 0 Å². The summed E-state index contributed by atoms with van der Waals surface area (Å²) in [6.45, 7) is 3.11. The summed E-state index contributed by atoms with van der Waals surface area (Å²) in [6.07, 6.45) is -5.80. The Morgan fingerprint density at radius 2 is 1.92 bits per heavy atom. The van der Waals surface area contributed by atoms with Crippen LogP contribution in [0.1, 0.15) is 20.3 Å². The van der Waals surface area contributed by atoms with E-state index in [9.17, 15) is 18.0 Å². The summed E-state index contributed by atoms with van der Waals surface area (Å²) in [5.74, 6) is -0.931. The summed E-state index contributed by atoms with van der Waals surface area (Å²) in [6, 6.07) is -2.14. The van der Waals surface area contributed by atoms with Crippen LogP contribution in [0.5, 0.6) is 0 Å². The summed E-state index contributed by atoms with van der Waals surface area (Å²) in [5.41, 5.74) is 4.70. The van der Waals surface area contributed by atoms with Gasteiger partial charge in [0.05, 0.1) is 12.5 Å². The van der Waals surface area contributed by atoms with Crippen molar-refractivity contribution in [2.24, 2.45) is 5.73 Å². The number of halogens is 3. The fraction of sp³-hybridized carbons (Fsp3) is 0.857. The molecule has 0 bridgehead atoms. The summed E-state index contributed by atoms with van der Waals surface area (Å²) < 4.78 is 39.9. The lowest BCUT2D eigenvalue weighted by atomic mass is 10.2. The molecule has 0 saturated carbocycles. The molecule has 0 spiro atoms. The number of esters is 1. The minimum atomic E-state index is -4.55. The number of hydrogen-bond acceptors (Lipinski definition) is 3. The van der Waals surface area contributed by atoms with Crippen LogP contribution in [0.2, 0.25) is 0 Å². The van der Waals surface area contributed by atoms with Crippen LogP contribution in [0.15, 0.2) is 0 Å². The molecule has 0 rings (SSSR count). The smallest absolute Gasteiger partial charge is 0.404 e. The molecule has 1 atom stereocenters. The highest BCUT2D eigenvalue weighted by Gasteiger charge is 2.38. The maximum atomic E-state index is 11.8. The Hall–Kier alpha value is -0.780. The Labute approximate surface area is 74.0 Å². The number of rotatable bonds is 3. The van der Waals surface area contributed by atoms with Crippen molar-refractivity contribution in [1.29, 1.82) is 0 Å². The third-order valence-electron chi connectivity index (χ3n) is 1.17. The van der Waals surface area contributed by atoms with E-state index in [1.54, 1.807) is 13.8 Å². The van der Waals surface area contributed by atoms with Crippen LogP contribution in [0.25, 0.3) is 0 Å². The van der Waals surface area contributed by atoms with Gasteiger partial charge in [0.25, 0.3) is 0 Å². The quantitative estimate of drug-likeness (QED) is 0.695. The zero-order valence-corrected chi connectivity index (χ0v) is 7.39. The van der Waals surface area contributed by atoms with Gasteiger partial charge >= 0.3 is 12.1 Å². The number of nitrogens with two attached hydrogens (primary N) is 1. The van der Waals surface area contributed by atoms with Gasteiger partial charge in [-0.2, -0.15) is 13.2 Å². The second kappa shape index (κ2) is 4.45. The third kappa shape index (κ3) is 5.46. The maximum absolute atomic E-state index is 11.8. The molecule has 0 aromatic heterocycles. The van der Waals surface area contributed by atoms with Gasteiger partial charge in [-0.25, -0.2) is 0 Å². The SMILES string of the molecule is CC(C)OC(=O)C[C@@H](N)C(F)(F)F. The number of alkyl halides is 3. The average molecular weight is 199 g/mol. The van der Waals surface area contributed by atoms with Gasteiger partial charge in [-0.3, -0.25) is 4.79 Å². The Morgan fingerprint density at radius 3 is 2.23 bits per heavy atom. The number of carbonyl (C=O) groups excluding carboxylic acids is 1. The van der Waals surface area contributed by atoms with Crippen LogP contribution in [0.3, 0.4) is 0 Å². The first-order valence-corrected chi connectivity index (χ1v) is 3.75. The monoisotopic (exact) mass is 199 g/mol. The predicted octanol–water partition coefficient (Wildman–Crippen LogP) is 1.22. The van der Waals surface area contributed by atoms with Crippen LogP contribution in [0.4, 0.5) is 13.2 Å². The Kier molecular flexibility index (Phi) is 4.19. The van der Waals surface area contributed by atoms with E-state index in [1.165, 1.54) is 0 Å². The molecular formula is C7H12F3NO2. The molecule has 0 heterocycles. The van der Waals surface area contributed by atoms with Crippen molar-refractivity contribution < 1.29 is 22.7 Å². The van der Waals surface area contributed by atoms with Crippen molar-refractivity contribution in [2.45, 2.75) is 38.6 Å². The van der Waals surface area contributed by atoms with Crippen molar-refractivity contribution in [3.63, 3.8) is 0 Å². The van der Waals surface area contributed by atoms with E-state index in [4.69, 9.17) is 5.73 Å². The van der Waals surface area contributed by atoms with E-state index in [1.807, 2.05) is 0 Å². The molecule has 0 radical (unpaired) electrons. The summed E-state index contributed by atoms with van der Waals surface area (Å²) in [7, 11) is 0. The highest BCUT2D eigenvalue weighted by molar-refractivity contribution is 5.70. The second-order valence-electron chi connectivity index (χ2n) is 2.89. The van der Waals surface area contributed by atoms with Crippen molar-refractivity contribution in [3.8, 4) is 0 Å². The molecule has 3 nitrogen and oxygen atoms in total. The molecule has 0 aliphatic heterocycles.